The van der Waals surface area contributed by atoms with Gasteiger partial charge in [0.2, 0.25) is 0 Å². The average Bonchev–Trinajstić information content (AvgIpc) is 2.54. The summed E-state index contributed by atoms with van der Waals surface area (Å²) in [5.41, 5.74) is 5.49. The molecule has 6 heteroatoms. The van der Waals surface area contributed by atoms with Crippen molar-refractivity contribution in [1.82, 2.24) is 0 Å². The fourth-order valence-corrected chi connectivity index (χ4v) is 3.18. The van der Waals surface area contributed by atoms with Gasteiger partial charge in [0.15, 0.2) is 5.17 Å². The Morgan fingerprint density at radius 3 is 2.69 bits per heavy atom. The van der Waals surface area contributed by atoms with Crippen LogP contribution in [0.15, 0.2) is 4.99 Å². The van der Waals surface area contributed by atoms with E-state index in [0.717, 1.165) is 0 Å². The Morgan fingerprint density at radius 1 is 1.38 bits per heavy atom. The maximum atomic E-state index is 9.55. The SMILES string of the molecule is NC1=NC2C(O)C(O)C(CO)C2S1. The maximum absolute atomic E-state index is 9.55. The molecule has 2 aliphatic rings. The van der Waals surface area contributed by atoms with Crippen LogP contribution >= 0.6 is 11.8 Å². The Balaban J connectivity index is 2.21. The molecular formula is C7H12N2O3S. The number of hydrogen-bond acceptors (Lipinski definition) is 6. The first-order valence-corrected chi connectivity index (χ1v) is 5.00. The molecule has 74 valence electrons. The lowest BCUT2D eigenvalue weighted by molar-refractivity contribution is 0.00331. The highest BCUT2D eigenvalue weighted by Crippen LogP contribution is 2.41. The number of fused-ring (bicyclic) bond motifs is 1. The summed E-state index contributed by atoms with van der Waals surface area (Å²) in [4.78, 5) is 4.02. The molecule has 5 atom stereocenters. The van der Waals surface area contributed by atoms with Crippen molar-refractivity contribution >= 4 is 16.9 Å². The minimum atomic E-state index is -0.893. The topological polar surface area (TPSA) is 99.1 Å². The van der Waals surface area contributed by atoms with Crippen molar-refractivity contribution in [2.24, 2.45) is 16.6 Å². The van der Waals surface area contributed by atoms with E-state index in [4.69, 9.17) is 10.8 Å². The number of nitrogens with two attached hydrogens (primary N) is 1. The third-order valence-corrected chi connectivity index (χ3v) is 3.89. The Bertz CT molecular complexity index is 248. The van der Waals surface area contributed by atoms with Crippen LogP contribution in [0.1, 0.15) is 0 Å². The molecule has 1 heterocycles. The van der Waals surface area contributed by atoms with Crippen molar-refractivity contribution in [2.45, 2.75) is 23.5 Å². The van der Waals surface area contributed by atoms with Gasteiger partial charge in [0, 0.05) is 17.8 Å². The molecule has 0 aromatic carbocycles. The Hall–Kier alpha value is -0.300. The maximum Gasteiger partial charge on any atom is 0.154 e. The number of thioether (sulfide) groups is 1. The van der Waals surface area contributed by atoms with Gasteiger partial charge in [-0.15, -0.1) is 0 Å². The van der Waals surface area contributed by atoms with Crippen molar-refractivity contribution in [2.75, 3.05) is 6.61 Å². The van der Waals surface area contributed by atoms with E-state index in [1.165, 1.54) is 11.8 Å². The van der Waals surface area contributed by atoms with Crippen molar-refractivity contribution in [3.63, 3.8) is 0 Å². The van der Waals surface area contributed by atoms with Gasteiger partial charge in [0.25, 0.3) is 0 Å². The zero-order valence-electron chi connectivity index (χ0n) is 6.87. The summed E-state index contributed by atoms with van der Waals surface area (Å²) >= 11 is 1.32. The lowest BCUT2D eigenvalue weighted by Gasteiger charge is -2.16. The number of nitrogens with zero attached hydrogens (tertiary/aromatic N) is 1. The van der Waals surface area contributed by atoms with E-state index in [0.29, 0.717) is 5.17 Å². The van der Waals surface area contributed by atoms with Gasteiger partial charge in [-0.25, -0.2) is 0 Å². The molecule has 0 amide bonds. The van der Waals surface area contributed by atoms with E-state index in [-0.39, 0.29) is 23.8 Å². The minimum absolute atomic E-state index is 0.0741. The summed E-state index contributed by atoms with van der Waals surface area (Å²) < 4.78 is 0. The van der Waals surface area contributed by atoms with E-state index < -0.39 is 12.2 Å². The lowest BCUT2D eigenvalue weighted by Crippen LogP contribution is -2.31. The summed E-state index contributed by atoms with van der Waals surface area (Å²) in [5, 5.41) is 28.4. The quantitative estimate of drug-likeness (QED) is 0.401. The smallest absolute Gasteiger partial charge is 0.154 e. The third kappa shape index (κ3) is 1.25. The van der Waals surface area contributed by atoms with E-state index >= 15 is 0 Å². The summed E-state index contributed by atoms with van der Waals surface area (Å²) in [5.74, 6) is -0.324. The van der Waals surface area contributed by atoms with E-state index in [9.17, 15) is 10.2 Å². The molecule has 0 aromatic rings. The molecule has 0 bridgehead atoms. The van der Waals surface area contributed by atoms with Crippen LogP contribution in [0.3, 0.4) is 0 Å². The lowest BCUT2D eigenvalue weighted by atomic mass is 10.1. The predicted octanol–water partition coefficient (Wildman–Crippen LogP) is -1.87. The highest BCUT2D eigenvalue weighted by atomic mass is 32.2. The molecule has 0 aromatic heterocycles. The van der Waals surface area contributed by atoms with Gasteiger partial charge >= 0.3 is 0 Å². The van der Waals surface area contributed by atoms with E-state index in [1.807, 2.05) is 0 Å². The number of amidine groups is 1. The predicted molar refractivity (Wildman–Crippen MR) is 49.4 cm³/mol. The van der Waals surface area contributed by atoms with Gasteiger partial charge in [0.1, 0.15) is 6.10 Å². The van der Waals surface area contributed by atoms with Crippen LogP contribution in [-0.4, -0.2) is 50.6 Å². The second-order valence-corrected chi connectivity index (χ2v) is 4.57. The number of aliphatic imine (C=N–C) groups is 1. The summed E-state index contributed by atoms with van der Waals surface area (Å²) in [6.07, 6.45) is -1.78. The molecule has 1 aliphatic carbocycles. The second kappa shape index (κ2) is 3.13. The first-order valence-electron chi connectivity index (χ1n) is 4.12. The van der Waals surface area contributed by atoms with Crippen molar-refractivity contribution in [3.05, 3.63) is 0 Å². The summed E-state index contributed by atoms with van der Waals surface area (Å²) in [7, 11) is 0. The van der Waals surface area contributed by atoms with Crippen LogP contribution in [0.4, 0.5) is 0 Å². The number of rotatable bonds is 1. The van der Waals surface area contributed by atoms with Crippen molar-refractivity contribution in [1.29, 1.82) is 0 Å². The number of hydrogen-bond donors (Lipinski definition) is 4. The monoisotopic (exact) mass is 204 g/mol. The van der Waals surface area contributed by atoms with Crippen LogP contribution in [0.2, 0.25) is 0 Å². The standard InChI is InChI=1S/C7H12N2O3S/c8-7-9-3-5(12)4(11)2(1-10)6(3)13-7/h2-6,10-12H,1H2,(H2,8,9). The molecule has 0 radical (unpaired) electrons. The molecular weight excluding hydrogens is 192 g/mol. The summed E-state index contributed by atoms with van der Waals surface area (Å²) in [6.45, 7) is -0.144. The second-order valence-electron chi connectivity index (χ2n) is 3.37. The fraction of sp³-hybridized carbons (Fsp3) is 0.857. The first-order chi connectivity index (χ1) is 6.15. The van der Waals surface area contributed by atoms with Gasteiger partial charge in [0.05, 0.1) is 12.1 Å². The third-order valence-electron chi connectivity index (χ3n) is 2.64. The first kappa shape index (κ1) is 9.26. The normalized spacial score (nSPS) is 49.2. The van der Waals surface area contributed by atoms with Crippen LogP contribution in [0.5, 0.6) is 0 Å². The van der Waals surface area contributed by atoms with Crippen LogP contribution in [0, 0.1) is 5.92 Å². The Morgan fingerprint density at radius 2 is 2.08 bits per heavy atom. The van der Waals surface area contributed by atoms with Gasteiger partial charge in [-0.3, -0.25) is 4.99 Å². The van der Waals surface area contributed by atoms with Gasteiger partial charge in [-0.1, -0.05) is 11.8 Å². The molecule has 2 rings (SSSR count). The van der Waals surface area contributed by atoms with Crippen molar-refractivity contribution < 1.29 is 15.3 Å². The molecule has 5 nitrogen and oxygen atoms in total. The molecule has 5 unspecified atom stereocenters. The van der Waals surface area contributed by atoms with Crippen molar-refractivity contribution in [3.8, 4) is 0 Å². The molecule has 0 saturated heterocycles. The van der Waals surface area contributed by atoms with Gasteiger partial charge in [-0.2, -0.15) is 0 Å². The molecule has 13 heavy (non-hydrogen) atoms. The zero-order valence-corrected chi connectivity index (χ0v) is 7.68. The molecule has 0 spiro atoms. The average molecular weight is 204 g/mol. The van der Waals surface area contributed by atoms with E-state index in [1.54, 1.807) is 0 Å². The van der Waals surface area contributed by atoms with E-state index in [2.05, 4.69) is 4.99 Å². The van der Waals surface area contributed by atoms with Gasteiger partial charge < -0.3 is 21.1 Å². The largest absolute Gasteiger partial charge is 0.396 e. The molecule has 1 aliphatic heterocycles. The zero-order chi connectivity index (χ0) is 9.59. The van der Waals surface area contributed by atoms with Gasteiger partial charge in [-0.05, 0) is 0 Å². The van der Waals surface area contributed by atoms with Crippen LogP contribution in [0.25, 0.3) is 0 Å². The van der Waals surface area contributed by atoms with Crippen LogP contribution < -0.4 is 5.73 Å². The number of aliphatic hydroxyl groups excluding tert-OH is 3. The molecule has 5 N–H and O–H groups in total. The molecule has 1 saturated carbocycles. The fourth-order valence-electron chi connectivity index (χ4n) is 1.93. The minimum Gasteiger partial charge on any atom is -0.396 e. The Labute approximate surface area is 79.7 Å². The molecule has 1 fully saturated rings. The number of aliphatic hydroxyl groups is 3. The highest BCUT2D eigenvalue weighted by Gasteiger charge is 2.52. The summed E-state index contributed by atoms with van der Waals surface area (Å²) in [6, 6.07) is -0.350. The van der Waals surface area contributed by atoms with Crippen LogP contribution in [-0.2, 0) is 0 Å². The Kier molecular flexibility index (Phi) is 2.23. The highest BCUT2D eigenvalue weighted by molar-refractivity contribution is 8.14.